The first-order valence-corrected chi connectivity index (χ1v) is 6.95. The van der Waals surface area contributed by atoms with E-state index in [0.29, 0.717) is 5.56 Å². The van der Waals surface area contributed by atoms with Gasteiger partial charge in [-0.05, 0) is 36.2 Å². The number of carbonyl (C=O) groups is 1. The van der Waals surface area contributed by atoms with Gasteiger partial charge in [-0.3, -0.25) is 4.79 Å². The van der Waals surface area contributed by atoms with Crippen molar-refractivity contribution in [2.45, 2.75) is 19.9 Å². The fraction of sp³-hybridized carbons (Fsp3) is 0.250. The van der Waals surface area contributed by atoms with E-state index < -0.39 is 5.91 Å². The molecule has 0 fully saturated rings. The molecule has 21 heavy (non-hydrogen) atoms. The number of aromatic nitrogens is 1. The molecule has 5 heteroatoms. The number of rotatable bonds is 6. The highest BCUT2D eigenvalue weighted by Gasteiger charge is 2.09. The standard InChI is InChI=1S/C16H20N4O/c1-2-9-20(11-12-3-6-14(17)7-4-12)15-8-5-13(10-19-15)16(18)21/h3-8,10H,2,9,11,17H2,1H3,(H2,18,21). The van der Waals surface area contributed by atoms with Crippen LogP contribution in [0.2, 0.25) is 0 Å². The van der Waals surface area contributed by atoms with Crippen molar-refractivity contribution in [2.75, 3.05) is 17.2 Å². The number of pyridine rings is 1. The molecule has 0 saturated heterocycles. The van der Waals surface area contributed by atoms with Gasteiger partial charge in [0.05, 0.1) is 5.56 Å². The number of primary amides is 1. The zero-order chi connectivity index (χ0) is 15.2. The van der Waals surface area contributed by atoms with Crippen LogP contribution in [0.25, 0.3) is 0 Å². The van der Waals surface area contributed by atoms with Crippen LogP contribution in [0, 0.1) is 0 Å². The van der Waals surface area contributed by atoms with Crippen molar-refractivity contribution in [3.8, 4) is 0 Å². The Morgan fingerprint density at radius 2 is 1.90 bits per heavy atom. The van der Waals surface area contributed by atoms with Crippen LogP contribution in [0.4, 0.5) is 11.5 Å². The molecule has 5 nitrogen and oxygen atoms in total. The van der Waals surface area contributed by atoms with Crippen LogP contribution >= 0.6 is 0 Å². The highest BCUT2D eigenvalue weighted by Crippen LogP contribution is 2.16. The lowest BCUT2D eigenvalue weighted by molar-refractivity contribution is 0.1000. The molecule has 0 atom stereocenters. The Kier molecular flexibility index (Phi) is 4.77. The number of hydrogen-bond donors (Lipinski definition) is 2. The summed E-state index contributed by atoms with van der Waals surface area (Å²) in [6.07, 6.45) is 2.53. The molecule has 1 aromatic carbocycles. The monoisotopic (exact) mass is 284 g/mol. The molecule has 1 amide bonds. The maximum Gasteiger partial charge on any atom is 0.250 e. The third kappa shape index (κ3) is 3.95. The summed E-state index contributed by atoms with van der Waals surface area (Å²) in [6.45, 7) is 3.75. The molecule has 0 aliphatic carbocycles. The predicted molar refractivity (Wildman–Crippen MR) is 85.0 cm³/mol. The molecule has 110 valence electrons. The van der Waals surface area contributed by atoms with Crippen LogP contribution in [-0.2, 0) is 6.54 Å². The molecule has 0 aliphatic heterocycles. The first-order valence-electron chi connectivity index (χ1n) is 6.95. The maximum atomic E-state index is 11.1. The van der Waals surface area contributed by atoms with Crippen molar-refractivity contribution in [3.63, 3.8) is 0 Å². The molecular formula is C16H20N4O. The normalized spacial score (nSPS) is 10.3. The third-order valence-corrected chi connectivity index (χ3v) is 3.20. The minimum atomic E-state index is -0.463. The predicted octanol–water partition coefficient (Wildman–Crippen LogP) is 2.18. The zero-order valence-corrected chi connectivity index (χ0v) is 12.1. The summed E-state index contributed by atoms with van der Waals surface area (Å²) in [7, 11) is 0. The van der Waals surface area contributed by atoms with Crippen molar-refractivity contribution in [1.82, 2.24) is 4.98 Å². The second-order valence-electron chi connectivity index (χ2n) is 4.93. The Hall–Kier alpha value is -2.56. The molecule has 4 N–H and O–H groups in total. The molecule has 0 unspecified atom stereocenters. The molecule has 0 spiro atoms. The van der Waals surface area contributed by atoms with Gasteiger partial charge < -0.3 is 16.4 Å². The molecular weight excluding hydrogens is 264 g/mol. The van der Waals surface area contributed by atoms with Gasteiger partial charge in [0.2, 0.25) is 5.91 Å². The van der Waals surface area contributed by atoms with Crippen molar-refractivity contribution in [2.24, 2.45) is 5.73 Å². The SMILES string of the molecule is CCCN(Cc1ccc(N)cc1)c1ccc(C(N)=O)cn1. The van der Waals surface area contributed by atoms with Crippen molar-refractivity contribution in [3.05, 3.63) is 53.7 Å². The average molecular weight is 284 g/mol. The van der Waals surface area contributed by atoms with Gasteiger partial charge in [-0.2, -0.15) is 0 Å². The van der Waals surface area contributed by atoms with E-state index in [-0.39, 0.29) is 0 Å². The summed E-state index contributed by atoms with van der Waals surface area (Å²) >= 11 is 0. The second kappa shape index (κ2) is 6.74. The number of anilines is 2. The van der Waals surface area contributed by atoms with Crippen LogP contribution in [-0.4, -0.2) is 17.4 Å². The number of amides is 1. The van der Waals surface area contributed by atoms with Crippen LogP contribution in [0.15, 0.2) is 42.6 Å². The Morgan fingerprint density at radius 1 is 1.19 bits per heavy atom. The lowest BCUT2D eigenvalue weighted by atomic mass is 10.2. The third-order valence-electron chi connectivity index (χ3n) is 3.20. The fourth-order valence-electron chi connectivity index (χ4n) is 2.11. The Labute approximate surface area is 124 Å². The van der Waals surface area contributed by atoms with Gasteiger partial charge in [0.15, 0.2) is 0 Å². The van der Waals surface area contributed by atoms with Crippen molar-refractivity contribution in [1.29, 1.82) is 0 Å². The molecule has 0 bridgehead atoms. The van der Waals surface area contributed by atoms with Gasteiger partial charge in [0, 0.05) is 25.0 Å². The smallest absolute Gasteiger partial charge is 0.250 e. The summed E-state index contributed by atoms with van der Waals surface area (Å²) in [5.74, 6) is 0.369. The fourth-order valence-corrected chi connectivity index (χ4v) is 2.11. The molecule has 0 saturated carbocycles. The first kappa shape index (κ1) is 14.8. The van der Waals surface area contributed by atoms with Crippen LogP contribution in [0.3, 0.4) is 0 Å². The Morgan fingerprint density at radius 3 is 2.43 bits per heavy atom. The highest BCUT2D eigenvalue weighted by atomic mass is 16.1. The molecule has 0 radical (unpaired) electrons. The Balaban J connectivity index is 2.17. The van der Waals surface area contributed by atoms with E-state index in [1.165, 1.54) is 11.8 Å². The van der Waals surface area contributed by atoms with E-state index in [0.717, 1.165) is 31.0 Å². The van der Waals surface area contributed by atoms with E-state index in [1.807, 2.05) is 30.3 Å². The minimum absolute atomic E-state index is 0.419. The summed E-state index contributed by atoms with van der Waals surface area (Å²) in [5, 5.41) is 0. The summed E-state index contributed by atoms with van der Waals surface area (Å²) in [5.41, 5.74) is 13.3. The van der Waals surface area contributed by atoms with E-state index in [9.17, 15) is 4.79 Å². The number of carbonyl (C=O) groups excluding carboxylic acids is 1. The number of nitrogens with zero attached hydrogens (tertiary/aromatic N) is 2. The van der Waals surface area contributed by atoms with Gasteiger partial charge in [-0.25, -0.2) is 4.98 Å². The number of nitrogen functional groups attached to an aromatic ring is 1. The molecule has 0 aliphatic rings. The first-order chi connectivity index (χ1) is 10.1. The number of hydrogen-bond acceptors (Lipinski definition) is 4. The molecule has 2 rings (SSSR count). The molecule has 1 heterocycles. The lowest BCUT2D eigenvalue weighted by Gasteiger charge is -2.23. The summed E-state index contributed by atoms with van der Waals surface area (Å²) in [6, 6.07) is 11.3. The maximum absolute atomic E-state index is 11.1. The largest absolute Gasteiger partial charge is 0.399 e. The summed E-state index contributed by atoms with van der Waals surface area (Å²) < 4.78 is 0. The average Bonchev–Trinajstić information content (AvgIpc) is 2.49. The van der Waals surface area contributed by atoms with Gasteiger partial charge in [0.25, 0.3) is 0 Å². The number of nitrogens with two attached hydrogens (primary N) is 2. The molecule has 2 aromatic rings. The molecule has 1 aromatic heterocycles. The lowest BCUT2D eigenvalue weighted by Crippen LogP contribution is -2.24. The van der Waals surface area contributed by atoms with E-state index >= 15 is 0 Å². The quantitative estimate of drug-likeness (QED) is 0.796. The van der Waals surface area contributed by atoms with Gasteiger partial charge in [-0.15, -0.1) is 0 Å². The minimum Gasteiger partial charge on any atom is -0.399 e. The highest BCUT2D eigenvalue weighted by molar-refractivity contribution is 5.92. The van der Waals surface area contributed by atoms with E-state index in [2.05, 4.69) is 16.8 Å². The van der Waals surface area contributed by atoms with Crippen LogP contribution < -0.4 is 16.4 Å². The Bertz CT molecular complexity index is 593. The van der Waals surface area contributed by atoms with Crippen molar-refractivity contribution < 1.29 is 4.79 Å². The number of benzene rings is 1. The van der Waals surface area contributed by atoms with Crippen LogP contribution in [0.1, 0.15) is 29.3 Å². The topological polar surface area (TPSA) is 85.2 Å². The van der Waals surface area contributed by atoms with Crippen LogP contribution in [0.5, 0.6) is 0 Å². The van der Waals surface area contributed by atoms with Gasteiger partial charge in [0.1, 0.15) is 5.82 Å². The van der Waals surface area contributed by atoms with E-state index in [1.54, 1.807) is 6.07 Å². The summed E-state index contributed by atoms with van der Waals surface area (Å²) in [4.78, 5) is 17.6. The van der Waals surface area contributed by atoms with E-state index in [4.69, 9.17) is 11.5 Å². The van der Waals surface area contributed by atoms with Crippen molar-refractivity contribution >= 4 is 17.4 Å². The van der Waals surface area contributed by atoms with Gasteiger partial charge >= 0.3 is 0 Å². The van der Waals surface area contributed by atoms with Gasteiger partial charge in [-0.1, -0.05) is 19.1 Å². The second-order valence-corrected chi connectivity index (χ2v) is 4.93. The zero-order valence-electron chi connectivity index (χ0n) is 12.1.